The normalized spacial score (nSPS) is 12.0. The summed E-state index contributed by atoms with van der Waals surface area (Å²) >= 11 is 0. The van der Waals surface area contributed by atoms with Gasteiger partial charge in [0.2, 0.25) is 5.91 Å². The van der Waals surface area contributed by atoms with Gasteiger partial charge in [-0.15, -0.1) is 0 Å². The summed E-state index contributed by atoms with van der Waals surface area (Å²) in [5, 5.41) is 3.08. The lowest BCUT2D eigenvalue weighted by Gasteiger charge is -2.23. The van der Waals surface area contributed by atoms with Crippen molar-refractivity contribution in [1.82, 2.24) is 15.1 Å². The lowest BCUT2D eigenvalue weighted by Crippen LogP contribution is -2.38. The maximum atomic E-state index is 13.1. The summed E-state index contributed by atoms with van der Waals surface area (Å²) < 4.78 is 5.30. The Labute approximate surface area is 186 Å². The van der Waals surface area contributed by atoms with Gasteiger partial charge in [0, 0.05) is 25.6 Å². The summed E-state index contributed by atoms with van der Waals surface area (Å²) in [6, 6.07) is 11.6. The van der Waals surface area contributed by atoms with E-state index in [1.165, 1.54) is 6.26 Å². The molecule has 6 nitrogen and oxygen atoms in total. The summed E-state index contributed by atoms with van der Waals surface area (Å²) in [5.41, 5.74) is 1.57. The number of nitrogens with one attached hydrogen (secondary N) is 1. The fourth-order valence-electron chi connectivity index (χ4n) is 3.65. The van der Waals surface area contributed by atoms with Crippen molar-refractivity contribution in [2.75, 3.05) is 26.2 Å². The highest BCUT2D eigenvalue weighted by Gasteiger charge is 2.21. The molecule has 1 N–H and O–H groups in total. The van der Waals surface area contributed by atoms with Crippen molar-refractivity contribution in [3.05, 3.63) is 59.5 Å². The average molecular weight is 428 g/mol. The van der Waals surface area contributed by atoms with Crippen molar-refractivity contribution < 1.29 is 14.0 Å². The molecule has 6 heteroatoms. The van der Waals surface area contributed by atoms with Gasteiger partial charge in [0.05, 0.1) is 11.8 Å². The zero-order chi connectivity index (χ0) is 22.6. The summed E-state index contributed by atoms with van der Waals surface area (Å²) in [6.07, 6.45) is 3.80. The highest BCUT2D eigenvalue weighted by Crippen LogP contribution is 2.15. The van der Waals surface area contributed by atoms with Gasteiger partial charge in [-0.25, -0.2) is 0 Å². The highest BCUT2D eigenvalue weighted by molar-refractivity contribution is 5.95. The van der Waals surface area contributed by atoms with Crippen LogP contribution in [0.1, 0.15) is 61.7 Å². The van der Waals surface area contributed by atoms with E-state index in [2.05, 4.69) is 24.1 Å². The van der Waals surface area contributed by atoms with E-state index < -0.39 is 0 Å². The number of nitrogens with zero attached hydrogens (tertiary/aromatic N) is 2. The molecule has 0 bridgehead atoms. The first-order valence-electron chi connectivity index (χ1n) is 11.3. The minimum absolute atomic E-state index is 0.0230. The second kappa shape index (κ2) is 13.0. The molecule has 0 radical (unpaired) electrons. The van der Waals surface area contributed by atoms with E-state index in [1.54, 1.807) is 17.9 Å². The van der Waals surface area contributed by atoms with Crippen molar-refractivity contribution in [3.8, 4) is 0 Å². The van der Waals surface area contributed by atoms with Crippen LogP contribution >= 0.6 is 0 Å². The van der Waals surface area contributed by atoms with Crippen LogP contribution in [0.15, 0.2) is 47.1 Å². The number of aryl methyl sites for hydroxylation is 1. The number of hydrogen-bond acceptors (Lipinski definition) is 4. The van der Waals surface area contributed by atoms with Crippen LogP contribution in [0.3, 0.4) is 0 Å². The SMILES string of the molecule is CCN(CC)CCCC(C)NC(=O)CCN(Cc1ccccc1)C(=O)c1ccoc1C. The topological polar surface area (TPSA) is 65.8 Å². The van der Waals surface area contributed by atoms with Crippen LogP contribution in [0.5, 0.6) is 0 Å². The largest absolute Gasteiger partial charge is 0.469 e. The summed E-state index contributed by atoms with van der Waals surface area (Å²) in [4.78, 5) is 29.7. The molecule has 170 valence electrons. The van der Waals surface area contributed by atoms with E-state index in [-0.39, 0.29) is 24.3 Å². The lowest BCUT2D eigenvalue weighted by molar-refractivity contribution is -0.121. The Balaban J connectivity index is 1.89. The van der Waals surface area contributed by atoms with E-state index in [4.69, 9.17) is 4.42 Å². The molecule has 0 saturated carbocycles. The predicted molar refractivity (Wildman–Crippen MR) is 124 cm³/mol. The van der Waals surface area contributed by atoms with Gasteiger partial charge in [0.25, 0.3) is 5.91 Å². The summed E-state index contributed by atoms with van der Waals surface area (Å²) in [5.74, 6) is 0.453. The maximum Gasteiger partial charge on any atom is 0.257 e. The fraction of sp³-hybridized carbons (Fsp3) is 0.520. The molecule has 2 amide bonds. The Hall–Kier alpha value is -2.60. The van der Waals surface area contributed by atoms with E-state index in [0.717, 1.165) is 38.0 Å². The molecular formula is C25H37N3O3. The Bertz CT molecular complexity index is 799. The number of benzene rings is 1. The molecule has 2 rings (SSSR count). The highest BCUT2D eigenvalue weighted by atomic mass is 16.3. The zero-order valence-corrected chi connectivity index (χ0v) is 19.4. The van der Waals surface area contributed by atoms with E-state index in [1.807, 2.05) is 37.3 Å². The first-order chi connectivity index (χ1) is 14.9. The lowest BCUT2D eigenvalue weighted by atomic mass is 10.1. The van der Waals surface area contributed by atoms with Gasteiger partial charge in [0.1, 0.15) is 5.76 Å². The van der Waals surface area contributed by atoms with Gasteiger partial charge < -0.3 is 19.5 Å². The minimum atomic E-state index is -0.116. The van der Waals surface area contributed by atoms with E-state index in [0.29, 0.717) is 24.4 Å². The third kappa shape index (κ3) is 8.21. The molecule has 0 aliphatic heterocycles. The number of carbonyl (C=O) groups is 2. The third-order valence-corrected chi connectivity index (χ3v) is 5.61. The molecule has 31 heavy (non-hydrogen) atoms. The number of rotatable bonds is 13. The van der Waals surface area contributed by atoms with Crippen LogP contribution in [-0.4, -0.2) is 53.8 Å². The summed E-state index contributed by atoms with van der Waals surface area (Å²) in [6.45, 7) is 12.1. The Morgan fingerprint density at radius 3 is 2.39 bits per heavy atom. The first-order valence-corrected chi connectivity index (χ1v) is 11.3. The standard InChI is InChI=1S/C25H37N3O3/c1-5-27(6-2)16-10-11-20(3)26-24(29)14-17-28(19-22-12-8-7-9-13-22)25(30)23-15-18-31-21(23)4/h7-9,12-13,15,18,20H,5-6,10-11,14,16-17,19H2,1-4H3,(H,26,29). The Kier molecular flexibility index (Phi) is 10.3. The maximum absolute atomic E-state index is 13.1. The molecule has 0 aliphatic rings. The number of hydrogen-bond donors (Lipinski definition) is 1. The molecule has 1 aromatic carbocycles. The summed E-state index contributed by atoms with van der Waals surface area (Å²) in [7, 11) is 0. The van der Waals surface area contributed by atoms with Gasteiger partial charge in [-0.3, -0.25) is 9.59 Å². The van der Waals surface area contributed by atoms with Crippen LogP contribution in [0, 0.1) is 6.92 Å². The minimum Gasteiger partial charge on any atom is -0.469 e. The molecule has 2 aromatic rings. The van der Waals surface area contributed by atoms with Gasteiger partial charge in [-0.1, -0.05) is 44.2 Å². The van der Waals surface area contributed by atoms with E-state index >= 15 is 0 Å². The van der Waals surface area contributed by atoms with Crippen LogP contribution in [0.25, 0.3) is 0 Å². The quantitative estimate of drug-likeness (QED) is 0.519. The van der Waals surface area contributed by atoms with Crippen LogP contribution < -0.4 is 5.32 Å². The number of furan rings is 1. The van der Waals surface area contributed by atoms with Gasteiger partial charge >= 0.3 is 0 Å². The van der Waals surface area contributed by atoms with Crippen LogP contribution in [0.2, 0.25) is 0 Å². The molecule has 0 aliphatic carbocycles. The smallest absolute Gasteiger partial charge is 0.257 e. The van der Waals surface area contributed by atoms with Gasteiger partial charge in [-0.05, 0) is 58.0 Å². The Morgan fingerprint density at radius 2 is 1.77 bits per heavy atom. The molecule has 1 atom stereocenters. The van der Waals surface area contributed by atoms with Gasteiger partial charge in [-0.2, -0.15) is 0 Å². The van der Waals surface area contributed by atoms with Crippen molar-refractivity contribution in [2.45, 2.75) is 59.5 Å². The van der Waals surface area contributed by atoms with Crippen LogP contribution in [-0.2, 0) is 11.3 Å². The monoisotopic (exact) mass is 427 g/mol. The van der Waals surface area contributed by atoms with Gasteiger partial charge in [0.15, 0.2) is 0 Å². The van der Waals surface area contributed by atoms with Crippen molar-refractivity contribution in [3.63, 3.8) is 0 Å². The van der Waals surface area contributed by atoms with Crippen molar-refractivity contribution in [2.24, 2.45) is 0 Å². The molecule has 1 heterocycles. The van der Waals surface area contributed by atoms with Crippen LogP contribution in [0.4, 0.5) is 0 Å². The van der Waals surface area contributed by atoms with E-state index in [9.17, 15) is 9.59 Å². The molecule has 1 aromatic heterocycles. The molecule has 0 saturated heterocycles. The average Bonchev–Trinajstić information content (AvgIpc) is 3.20. The number of carbonyl (C=O) groups excluding carboxylic acids is 2. The molecule has 1 unspecified atom stereocenters. The predicted octanol–water partition coefficient (Wildman–Crippen LogP) is 4.25. The molecule has 0 spiro atoms. The zero-order valence-electron chi connectivity index (χ0n) is 19.4. The number of amides is 2. The van der Waals surface area contributed by atoms with Crippen molar-refractivity contribution in [1.29, 1.82) is 0 Å². The second-order valence-electron chi connectivity index (χ2n) is 7.99. The third-order valence-electron chi connectivity index (χ3n) is 5.61. The molecule has 0 fully saturated rings. The second-order valence-corrected chi connectivity index (χ2v) is 7.99. The fourth-order valence-corrected chi connectivity index (χ4v) is 3.65. The van der Waals surface area contributed by atoms with Crippen molar-refractivity contribution >= 4 is 11.8 Å². The molecular weight excluding hydrogens is 390 g/mol. The first kappa shape index (κ1) is 24.7. The Morgan fingerprint density at radius 1 is 1.06 bits per heavy atom.